The second-order valence-corrected chi connectivity index (χ2v) is 15.4. The summed E-state index contributed by atoms with van der Waals surface area (Å²) >= 11 is 13.5. The van der Waals surface area contributed by atoms with Crippen LogP contribution in [0.5, 0.6) is 5.75 Å². The van der Waals surface area contributed by atoms with Gasteiger partial charge < -0.3 is 34.0 Å². The Hall–Kier alpha value is -3.61. The first-order valence-corrected chi connectivity index (χ1v) is 18.0. The molecular weight excluding hydrogens is 686 g/mol. The normalized spacial score (nSPS) is 24.2. The summed E-state index contributed by atoms with van der Waals surface area (Å²) in [7, 11) is 0. The summed E-state index contributed by atoms with van der Waals surface area (Å²) in [6.45, 7) is 6.77. The summed E-state index contributed by atoms with van der Waals surface area (Å²) in [5.41, 5.74) is 3.20. The van der Waals surface area contributed by atoms with E-state index in [4.69, 9.17) is 37.4 Å². The summed E-state index contributed by atoms with van der Waals surface area (Å²) < 4.78 is 33.0. The van der Waals surface area contributed by atoms with Crippen LogP contribution in [0.4, 0.5) is 15.8 Å². The van der Waals surface area contributed by atoms with Crippen LogP contribution in [-0.2, 0) is 16.0 Å². The van der Waals surface area contributed by atoms with Crippen LogP contribution in [-0.4, -0.2) is 104 Å². The van der Waals surface area contributed by atoms with Crippen LogP contribution in [0, 0.1) is 11.2 Å². The van der Waals surface area contributed by atoms with E-state index in [2.05, 4.69) is 14.7 Å². The van der Waals surface area contributed by atoms with Crippen LogP contribution in [0.1, 0.15) is 45.5 Å². The van der Waals surface area contributed by atoms with Crippen molar-refractivity contribution in [3.63, 3.8) is 0 Å². The molecule has 2 bridgehead atoms. The Balaban J connectivity index is 0.941. The molecule has 2 unspecified atom stereocenters. The maximum Gasteiger partial charge on any atom is 0.337 e. The number of carboxylic acids is 1. The van der Waals surface area contributed by atoms with Crippen molar-refractivity contribution in [3.05, 3.63) is 75.0 Å². The fourth-order valence-electron chi connectivity index (χ4n) is 8.82. The molecule has 3 aromatic carbocycles. The highest BCUT2D eigenvalue weighted by molar-refractivity contribution is 6.40. The summed E-state index contributed by atoms with van der Waals surface area (Å²) in [5.74, 6) is -1.76. The maximum absolute atomic E-state index is 15.7. The number of morpholine rings is 1. The van der Waals surface area contributed by atoms with Crippen LogP contribution in [0.25, 0.3) is 11.1 Å². The summed E-state index contributed by atoms with van der Waals surface area (Å²) in [4.78, 5) is 34.5. The molecule has 10 nitrogen and oxygen atoms in total. The molecule has 0 radical (unpaired) electrons. The number of amides is 1. The van der Waals surface area contributed by atoms with Gasteiger partial charge in [0.2, 0.25) is 0 Å². The Morgan fingerprint density at radius 2 is 1.60 bits per heavy atom. The van der Waals surface area contributed by atoms with Crippen molar-refractivity contribution in [2.45, 2.75) is 43.9 Å². The summed E-state index contributed by atoms with van der Waals surface area (Å²) in [6, 6.07) is 12.3. The SMILES string of the molecule is O=C(O)c1cc(F)c(-c2cccc3c2OCN(C(=O)c2c(Cl)cc(N4CC5(CCN(C6COC6)C5)C4)cc2Cl)C3)cc1N1C2CCC1COC2. The van der Waals surface area contributed by atoms with Crippen molar-refractivity contribution in [1.82, 2.24) is 9.80 Å². The number of nitrogens with zero attached hydrogens (tertiary/aromatic N) is 4. The minimum Gasteiger partial charge on any atom is -0.478 e. The van der Waals surface area contributed by atoms with Gasteiger partial charge in [-0.25, -0.2) is 9.18 Å². The van der Waals surface area contributed by atoms with Crippen molar-refractivity contribution in [2.75, 3.05) is 69.1 Å². The van der Waals surface area contributed by atoms with Crippen LogP contribution >= 0.6 is 23.2 Å². The first-order valence-electron chi connectivity index (χ1n) is 17.2. The molecule has 0 aliphatic carbocycles. The van der Waals surface area contributed by atoms with Gasteiger partial charge in [-0.15, -0.1) is 0 Å². The van der Waals surface area contributed by atoms with E-state index in [1.807, 2.05) is 18.2 Å². The molecule has 50 heavy (non-hydrogen) atoms. The molecule has 6 heterocycles. The van der Waals surface area contributed by atoms with Crippen molar-refractivity contribution in [3.8, 4) is 16.9 Å². The number of benzene rings is 3. The predicted molar refractivity (Wildman–Crippen MR) is 186 cm³/mol. The molecule has 9 rings (SSSR count). The van der Waals surface area contributed by atoms with Gasteiger partial charge in [0.15, 0.2) is 6.73 Å². The van der Waals surface area contributed by atoms with Gasteiger partial charge >= 0.3 is 5.97 Å². The molecule has 262 valence electrons. The van der Waals surface area contributed by atoms with Crippen molar-refractivity contribution in [2.24, 2.45) is 5.41 Å². The lowest BCUT2D eigenvalue weighted by Gasteiger charge is -2.50. The van der Waals surface area contributed by atoms with Gasteiger partial charge in [-0.05, 0) is 50.1 Å². The number of hydrogen-bond donors (Lipinski definition) is 1. The molecule has 2 atom stereocenters. The highest BCUT2D eigenvalue weighted by atomic mass is 35.5. The number of carbonyl (C=O) groups excluding carboxylic acids is 1. The number of carbonyl (C=O) groups is 2. The minimum atomic E-state index is -1.18. The van der Waals surface area contributed by atoms with Gasteiger partial charge in [-0.1, -0.05) is 41.4 Å². The first kappa shape index (κ1) is 32.3. The zero-order valence-corrected chi connectivity index (χ0v) is 28.9. The highest BCUT2D eigenvalue weighted by Gasteiger charge is 2.50. The van der Waals surface area contributed by atoms with Gasteiger partial charge in [0.25, 0.3) is 5.91 Å². The van der Waals surface area contributed by atoms with E-state index in [1.54, 1.807) is 18.2 Å². The monoisotopic (exact) mass is 722 g/mol. The topological polar surface area (TPSA) is 95.0 Å². The van der Waals surface area contributed by atoms with Gasteiger partial charge in [0.1, 0.15) is 11.6 Å². The van der Waals surface area contributed by atoms with Gasteiger partial charge in [0.05, 0.1) is 78.0 Å². The van der Waals surface area contributed by atoms with E-state index < -0.39 is 11.8 Å². The largest absolute Gasteiger partial charge is 0.478 e. The van der Waals surface area contributed by atoms with E-state index in [9.17, 15) is 14.7 Å². The second kappa shape index (κ2) is 12.3. The van der Waals surface area contributed by atoms with Gasteiger partial charge in [-0.2, -0.15) is 0 Å². The molecule has 1 amide bonds. The number of rotatable bonds is 6. The first-order chi connectivity index (χ1) is 24.2. The molecule has 3 aromatic rings. The lowest BCUT2D eigenvalue weighted by molar-refractivity contribution is -0.0609. The zero-order valence-electron chi connectivity index (χ0n) is 27.4. The standard InChI is InChI=1S/C37H37Cl2FN4O6/c38-29-8-24(43-18-37(19-43)6-7-41(17-37)25-15-49-16-25)9-30(39)33(29)35(45)42-12-21-2-1-3-26(34(21)50-20-42)27-11-32(28(36(46)47)10-31(27)40)44-22-4-5-23(44)14-48-13-22/h1-3,8-11,22-23,25H,4-7,12-20H2,(H,46,47). The van der Waals surface area contributed by atoms with E-state index in [0.717, 1.165) is 70.4 Å². The number of carboxylic acid groups (broad SMARTS) is 1. The Labute approximate surface area is 299 Å². The Morgan fingerprint density at radius 1 is 0.900 bits per heavy atom. The summed E-state index contributed by atoms with van der Waals surface area (Å²) in [5, 5.41) is 10.6. The van der Waals surface area contributed by atoms with E-state index in [1.165, 1.54) is 4.90 Å². The number of halogens is 3. The third-order valence-electron chi connectivity index (χ3n) is 11.5. The van der Waals surface area contributed by atoms with E-state index >= 15 is 4.39 Å². The molecule has 6 aliphatic rings. The second-order valence-electron chi connectivity index (χ2n) is 14.6. The Bertz CT molecular complexity index is 1860. The average molecular weight is 724 g/mol. The fraction of sp³-hybridized carbons (Fsp3) is 0.459. The molecule has 6 aliphatic heterocycles. The predicted octanol–water partition coefficient (Wildman–Crippen LogP) is 5.77. The van der Waals surface area contributed by atoms with Crippen molar-refractivity contribution >= 4 is 46.5 Å². The number of para-hydroxylation sites is 1. The van der Waals surface area contributed by atoms with E-state index in [-0.39, 0.29) is 63.4 Å². The number of fused-ring (bicyclic) bond motifs is 3. The molecule has 0 aromatic heterocycles. The average Bonchev–Trinajstić information content (AvgIpc) is 3.59. The third kappa shape index (κ3) is 5.32. The molecule has 5 fully saturated rings. The molecule has 1 N–H and O–H groups in total. The van der Waals surface area contributed by atoms with Crippen molar-refractivity contribution in [1.29, 1.82) is 0 Å². The Kier molecular flexibility index (Phi) is 7.93. The molecule has 13 heteroatoms. The molecule has 1 spiro atoms. The number of hydrogen-bond acceptors (Lipinski definition) is 8. The fourth-order valence-corrected chi connectivity index (χ4v) is 9.45. The lowest BCUT2D eigenvalue weighted by Crippen LogP contribution is -2.59. The zero-order chi connectivity index (χ0) is 34.3. The van der Waals surface area contributed by atoms with Crippen molar-refractivity contribution < 1.29 is 33.3 Å². The Morgan fingerprint density at radius 3 is 2.28 bits per heavy atom. The van der Waals surface area contributed by atoms with Crippen LogP contribution in [0.2, 0.25) is 10.0 Å². The van der Waals surface area contributed by atoms with Crippen LogP contribution in [0.15, 0.2) is 42.5 Å². The summed E-state index contributed by atoms with van der Waals surface area (Å²) in [6.07, 6.45) is 2.93. The third-order valence-corrected chi connectivity index (χ3v) is 12.1. The smallest absolute Gasteiger partial charge is 0.337 e. The quantitative estimate of drug-likeness (QED) is 0.341. The van der Waals surface area contributed by atoms with Crippen LogP contribution in [0.3, 0.4) is 0 Å². The minimum absolute atomic E-state index is 0.0340. The van der Waals surface area contributed by atoms with Gasteiger partial charge in [-0.3, -0.25) is 9.69 Å². The maximum atomic E-state index is 15.7. The van der Waals surface area contributed by atoms with Gasteiger partial charge in [0, 0.05) is 47.4 Å². The lowest BCUT2D eigenvalue weighted by atomic mass is 9.78. The van der Waals surface area contributed by atoms with Crippen LogP contribution < -0.4 is 14.5 Å². The molecule has 5 saturated heterocycles. The number of aromatic carboxylic acids is 1. The van der Waals surface area contributed by atoms with E-state index in [0.29, 0.717) is 41.8 Å². The number of likely N-dealkylation sites (tertiary alicyclic amines) is 1. The molecule has 0 saturated carbocycles. The molecular formula is C37H37Cl2FN4O6. The highest BCUT2D eigenvalue weighted by Crippen LogP contribution is 2.46. The number of anilines is 2. The number of ether oxygens (including phenoxy) is 3.